The molecule has 66 heavy (non-hydrogen) atoms. The van der Waals surface area contributed by atoms with Crippen LogP contribution in [0.3, 0.4) is 0 Å². The summed E-state index contributed by atoms with van der Waals surface area (Å²) in [5, 5.41) is 10.8. The van der Waals surface area contributed by atoms with E-state index in [0.29, 0.717) is 124 Å². The van der Waals surface area contributed by atoms with E-state index in [1.807, 2.05) is 0 Å². The molecule has 0 spiro atoms. The zero-order valence-corrected chi connectivity index (χ0v) is 42.0. The van der Waals surface area contributed by atoms with Gasteiger partial charge in [0.25, 0.3) is 0 Å². The molecule has 3 heterocycles. The van der Waals surface area contributed by atoms with Crippen LogP contribution in [0.2, 0.25) is 0 Å². The second kappa shape index (κ2) is 31.1. The maximum absolute atomic E-state index is 6.88. The highest BCUT2D eigenvalue weighted by molar-refractivity contribution is 6.21. The molecular formula is C51H87N15. The molecule has 0 fully saturated rings. The van der Waals surface area contributed by atoms with Crippen molar-refractivity contribution in [3.05, 3.63) is 17.1 Å². The van der Waals surface area contributed by atoms with Crippen LogP contribution in [-0.4, -0.2) is 86.7 Å². The topological polar surface area (TPSA) is 229 Å². The fourth-order valence-corrected chi connectivity index (χ4v) is 7.92. The summed E-state index contributed by atoms with van der Waals surface area (Å²) in [6.45, 7) is 17.2. The van der Waals surface area contributed by atoms with Crippen LogP contribution in [0.1, 0.15) is 213 Å². The molecule has 9 N–H and O–H groups in total. The third-order valence-electron chi connectivity index (χ3n) is 11.9. The molecule has 4 rings (SSSR count). The average Bonchev–Trinajstić information content (AvgIpc) is 3.32. The molecule has 0 radical (unpaired) electrons. The summed E-state index contributed by atoms with van der Waals surface area (Å²) in [6.07, 6.45) is 26.2. The summed E-state index contributed by atoms with van der Waals surface area (Å²) in [7, 11) is 0. The Labute approximate surface area is 396 Å². The van der Waals surface area contributed by atoms with E-state index in [-0.39, 0.29) is 0 Å². The number of nitrogens with one attached hydrogen (secondary N) is 3. The van der Waals surface area contributed by atoms with Crippen LogP contribution in [0.4, 0.5) is 17.5 Å². The molecule has 1 aromatic carbocycles. The van der Waals surface area contributed by atoms with Crippen molar-refractivity contribution < 1.29 is 0 Å². The van der Waals surface area contributed by atoms with Crippen molar-refractivity contribution in [1.29, 1.82) is 0 Å². The van der Waals surface area contributed by atoms with E-state index in [4.69, 9.17) is 62.1 Å². The number of fused-ring (bicyclic) bond motifs is 6. The second-order valence-electron chi connectivity index (χ2n) is 17.8. The molecule has 366 valence electrons. The number of unbranched alkanes of at least 4 members (excludes halogenated alkanes) is 18. The molecule has 0 aliphatic heterocycles. The lowest BCUT2D eigenvalue weighted by Gasteiger charge is -2.17. The predicted octanol–water partition coefficient (Wildman–Crippen LogP) is 11.3. The third kappa shape index (κ3) is 16.7. The van der Waals surface area contributed by atoms with Gasteiger partial charge in [0.15, 0.2) is 17.5 Å². The van der Waals surface area contributed by atoms with Gasteiger partial charge in [0, 0.05) is 39.3 Å². The summed E-state index contributed by atoms with van der Waals surface area (Å²) in [5.41, 5.74) is 25.1. The van der Waals surface area contributed by atoms with Crippen molar-refractivity contribution in [3.63, 3.8) is 0 Å². The molecule has 0 aliphatic carbocycles. The largest absolute Gasteiger partial charge is 0.382 e. The van der Waals surface area contributed by atoms with Gasteiger partial charge in [-0.15, -0.1) is 0 Å². The normalized spacial score (nSPS) is 12.5. The number of anilines is 3. The summed E-state index contributed by atoms with van der Waals surface area (Å²) in [4.78, 5) is 46.6. The smallest absolute Gasteiger partial charge is 0.156 e. The number of aliphatic imine (C=N–C) groups is 3. The molecule has 0 saturated carbocycles. The van der Waals surface area contributed by atoms with E-state index in [2.05, 4.69) is 57.5 Å². The first-order valence-electron chi connectivity index (χ1n) is 26.2. The van der Waals surface area contributed by atoms with Crippen LogP contribution in [0.15, 0.2) is 15.0 Å². The van der Waals surface area contributed by atoms with Gasteiger partial charge in [-0.2, -0.15) is 0 Å². The summed E-state index contributed by atoms with van der Waals surface area (Å²) >= 11 is 0. The van der Waals surface area contributed by atoms with Crippen LogP contribution in [0.5, 0.6) is 0 Å². The zero-order valence-electron chi connectivity index (χ0n) is 42.0. The van der Waals surface area contributed by atoms with E-state index in [1.54, 1.807) is 0 Å². The Kier molecular flexibility index (Phi) is 25.3. The highest BCUT2D eigenvalue weighted by Crippen LogP contribution is 2.34. The van der Waals surface area contributed by atoms with Crippen molar-refractivity contribution in [1.82, 2.24) is 29.9 Å². The Morgan fingerprint density at radius 3 is 0.788 bits per heavy atom. The van der Waals surface area contributed by atoms with E-state index in [9.17, 15) is 0 Å². The molecule has 0 unspecified atom stereocenters. The lowest BCUT2D eigenvalue weighted by Crippen LogP contribution is -2.22. The Bertz CT molecular complexity index is 1860. The highest BCUT2D eigenvalue weighted by atomic mass is 15.1. The number of nitrogens with two attached hydrogens (primary N) is 3. The van der Waals surface area contributed by atoms with Crippen molar-refractivity contribution >= 4 is 68.1 Å². The number of aromatic nitrogens is 6. The molecule has 0 saturated heterocycles. The van der Waals surface area contributed by atoms with Gasteiger partial charge in [-0.3, -0.25) is 15.0 Å². The Morgan fingerprint density at radius 2 is 0.545 bits per heavy atom. The van der Waals surface area contributed by atoms with Crippen molar-refractivity contribution in [2.45, 2.75) is 196 Å². The van der Waals surface area contributed by atoms with Gasteiger partial charge in [0.2, 0.25) is 0 Å². The molecule has 0 amide bonds. The van der Waals surface area contributed by atoms with Gasteiger partial charge >= 0.3 is 0 Å². The number of nitrogens with zero attached hydrogens (tertiary/aromatic N) is 9. The van der Waals surface area contributed by atoms with E-state index in [1.165, 1.54) is 0 Å². The minimum Gasteiger partial charge on any atom is -0.382 e. The first kappa shape index (κ1) is 53.7. The number of benzene rings is 1. The lowest BCUT2D eigenvalue weighted by molar-refractivity contribution is 0.675. The van der Waals surface area contributed by atoms with E-state index >= 15 is 0 Å². The number of amidine groups is 3. The Morgan fingerprint density at radius 1 is 0.318 bits per heavy atom. The molecule has 15 nitrogen and oxygen atoms in total. The molecule has 0 atom stereocenters. The van der Waals surface area contributed by atoms with Gasteiger partial charge in [0.05, 0.1) is 0 Å². The van der Waals surface area contributed by atoms with Crippen LogP contribution < -0.4 is 33.2 Å². The van der Waals surface area contributed by atoms with Gasteiger partial charge in [-0.05, 0) is 38.5 Å². The standard InChI is InChI=1S/C51H87N15/c1-7-13-19-25-31-55-46(52)43-49(58-34-28-22-16-10-4)64-40-37(61-43)41-39(63-44(47(53)56-32-26-20-14-8-2)50(65-41)59-35-29-23-17-11-5)42-38(40)62-45(48(54)57-33-27-21-15-9-3)51(66-42)60-36-30-24-18-12-6/h7-36H2,1-6H3,(H2,52,55)(H2,53,56)(H2,54,57)(H,58,64)(H,59,65)(H,60,66). The van der Waals surface area contributed by atoms with Gasteiger partial charge in [0.1, 0.15) is 67.7 Å². The van der Waals surface area contributed by atoms with Crippen LogP contribution >= 0.6 is 0 Å². The molecule has 0 bridgehead atoms. The average molecular weight is 910 g/mol. The fraction of sp³-hybridized carbons (Fsp3) is 0.706. The molecular weight excluding hydrogens is 823 g/mol. The quantitative estimate of drug-likeness (QED) is 0.0108. The Hall–Kier alpha value is -4.95. The maximum atomic E-state index is 6.88. The van der Waals surface area contributed by atoms with Crippen LogP contribution in [0.25, 0.3) is 33.1 Å². The molecule has 4 aromatic rings. The van der Waals surface area contributed by atoms with Crippen molar-refractivity contribution in [3.8, 4) is 0 Å². The zero-order chi connectivity index (χ0) is 47.4. The third-order valence-corrected chi connectivity index (χ3v) is 11.9. The van der Waals surface area contributed by atoms with Gasteiger partial charge in [-0.1, -0.05) is 157 Å². The van der Waals surface area contributed by atoms with Crippen molar-refractivity contribution in [2.24, 2.45) is 32.2 Å². The lowest BCUT2D eigenvalue weighted by atomic mass is 10.1. The summed E-state index contributed by atoms with van der Waals surface area (Å²) in [6, 6.07) is 0. The predicted molar refractivity (Wildman–Crippen MR) is 283 cm³/mol. The second-order valence-corrected chi connectivity index (χ2v) is 17.8. The summed E-state index contributed by atoms with van der Waals surface area (Å²) < 4.78 is 0. The highest BCUT2D eigenvalue weighted by Gasteiger charge is 2.25. The maximum Gasteiger partial charge on any atom is 0.156 e. The first-order chi connectivity index (χ1) is 32.3. The van der Waals surface area contributed by atoms with Crippen LogP contribution in [-0.2, 0) is 0 Å². The van der Waals surface area contributed by atoms with E-state index < -0.39 is 0 Å². The minimum atomic E-state index is 0.331. The minimum absolute atomic E-state index is 0.331. The Balaban J connectivity index is 2.09. The molecule has 0 aliphatic rings. The number of rotatable bonds is 36. The SMILES string of the molecule is CCCCCCN=C(N)c1nc2c(nc1NCCCCCC)c1nc(C(N)=NCCCCCC)c(NCCCCCC)nc1c1nc(C(N)=NCCCCCC)c(NCCCCCC)nc21. The first-order valence-corrected chi connectivity index (χ1v) is 26.2. The number of hydrogen-bond acceptors (Lipinski definition) is 12. The van der Waals surface area contributed by atoms with E-state index in [0.717, 1.165) is 154 Å². The molecule has 3 aromatic heterocycles. The van der Waals surface area contributed by atoms with Crippen LogP contribution in [0, 0.1) is 0 Å². The fourth-order valence-electron chi connectivity index (χ4n) is 7.92. The van der Waals surface area contributed by atoms with Gasteiger partial charge in [-0.25, -0.2) is 29.9 Å². The monoisotopic (exact) mass is 910 g/mol. The number of hydrogen-bond donors (Lipinski definition) is 6. The molecule has 15 heteroatoms. The summed E-state index contributed by atoms with van der Waals surface area (Å²) in [5.74, 6) is 2.64. The van der Waals surface area contributed by atoms with Crippen molar-refractivity contribution in [2.75, 3.05) is 55.2 Å². The van der Waals surface area contributed by atoms with Gasteiger partial charge < -0.3 is 33.2 Å².